The number of urea groups is 1. The molecule has 1 aliphatic heterocycles. The number of piperazine rings is 1. The van der Waals surface area contributed by atoms with E-state index in [2.05, 4.69) is 20.1 Å². The fraction of sp³-hybridized carbons (Fsp3) is 0.423. The van der Waals surface area contributed by atoms with Crippen molar-refractivity contribution >= 4 is 28.7 Å². The molecule has 8 heteroatoms. The number of rotatable bonds is 5. The Labute approximate surface area is 200 Å². The number of hydrogen-bond donors (Lipinski definition) is 2. The molecule has 2 aromatic carbocycles. The van der Waals surface area contributed by atoms with Crippen molar-refractivity contribution in [2.24, 2.45) is 7.05 Å². The zero-order valence-corrected chi connectivity index (χ0v) is 20.7. The van der Waals surface area contributed by atoms with Crippen LogP contribution in [0.25, 0.3) is 11.0 Å². The van der Waals surface area contributed by atoms with Gasteiger partial charge in [-0.25, -0.2) is 9.78 Å². The van der Waals surface area contributed by atoms with Gasteiger partial charge in [0.15, 0.2) is 0 Å². The molecule has 34 heavy (non-hydrogen) atoms. The molecule has 0 unspecified atom stereocenters. The van der Waals surface area contributed by atoms with Gasteiger partial charge in [-0.1, -0.05) is 12.1 Å². The van der Waals surface area contributed by atoms with Crippen LogP contribution in [0.1, 0.15) is 41.2 Å². The van der Waals surface area contributed by atoms with Crippen molar-refractivity contribution in [3.63, 3.8) is 0 Å². The number of hydrogen-bond acceptors (Lipinski definition) is 4. The minimum atomic E-state index is -0.0839. The Bertz CT molecular complexity index is 1210. The second-order valence-electron chi connectivity index (χ2n) is 9.36. The summed E-state index contributed by atoms with van der Waals surface area (Å²) in [5, 5.41) is 5.98. The molecule has 1 aromatic heterocycles. The van der Waals surface area contributed by atoms with Crippen LogP contribution in [0.5, 0.6) is 0 Å². The van der Waals surface area contributed by atoms with Gasteiger partial charge in [-0.3, -0.25) is 9.69 Å². The van der Waals surface area contributed by atoms with Crippen molar-refractivity contribution in [2.45, 2.75) is 40.3 Å². The Morgan fingerprint density at radius 3 is 2.50 bits per heavy atom. The molecule has 8 nitrogen and oxygen atoms in total. The summed E-state index contributed by atoms with van der Waals surface area (Å²) in [6, 6.07) is 11.6. The van der Waals surface area contributed by atoms with Gasteiger partial charge in [0.1, 0.15) is 5.82 Å². The fourth-order valence-corrected chi connectivity index (χ4v) is 4.27. The van der Waals surface area contributed by atoms with Crippen molar-refractivity contribution in [1.82, 2.24) is 24.7 Å². The van der Waals surface area contributed by atoms with Crippen LogP contribution in [0.15, 0.2) is 36.4 Å². The Kier molecular flexibility index (Phi) is 6.88. The zero-order chi connectivity index (χ0) is 24.4. The van der Waals surface area contributed by atoms with Crippen LogP contribution in [0, 0.1) is 13.8 Å². The average Bonchev–Trinajstić information content (AvgIpc) is 3.11. The average molecular weight is 463 g/mol. The van der Waals surface area contributed by atoms with E-state index in [9.17, 15) is 9.59 Å². The quantitative estimate of drug-likeness (QED) is 0.606. The monoisotopic (exact) mass is 462 g/mol. The largest absolute Gasteiger partial charge is 0.350 e. The topological polar surface area (TPSA) is 82.5 Å². The van der Waals surface area contributed by atoms with Gasteiger partial charge in [0.25, 0.3) is 5.91 Å². The minimum Gasteiger partial charge on any atom is -0.350 e. The fourth-order valence-electron chi connectivity index (χ4n) is 4.27. The van der Waals surface area contributed by atoms with E-state index < -0.39 is 0 Å². The second kappa shape index (κ2) is 9.85. The van der Waals surface area contributed by atoms with Crippen LogP contribution in [-0.4, -0.2) is 63.5 Å². The first-order chi connectivity index (χ1) is 16.2. The van der Waals surface area contributed by atoms with E-state index in [-0.39, 0.29) is 18.0 Å². The lowest BCUT2D eigenvalue weighted by Crippen LogP contribution is -2.49. The number of anilines is 1. The number of benzene rings is 2. The van der Waals surface area contributed by atoms with Crippen molar-refractivity contribution in [3.05, 3.63) is 58.9 Å². The molecular formula is C26H34N6O2. The van der Waals surface area contributed by atoms with Gasteiger partial charge < -0.3 is 20.1 Å². The molecule has 1 saturated heterocycles. The summed E-state index contributed by atoms with van der Waals surface area (Å²) in [6.07, 6.45) is 0. The van der Waals surface area contributed by atoms with Gasteiger partial charge in [-0.05, 0) is 63.1 Å². The Balaban J connectivity index is 1.37. The molecule has 1 fully saturated rings. The second-order valence-corrected chi connectivity index (χ2v) is 9.36. The Morgan fingerprint density at radius 2 is 1.79 bits per heavy atom. The summed E-state index contributed by atoms with van der Waals surface area (Å²) >= 11 is 0. The first kappa shape index (κ1) is 23.8. The van der Waals surface area contributed by atoms with Crippen molar-refractivity contribution in [1.29, 1.82) is 0 Å². The Morgan fingerprint density at radius 1 is 1.06 bits per heavy atom. The molecule has 4 rings (SSSR count). The number of nitrogens with zero attached hydrogens (tertiary/aromatic N) is 4. The number of amides is 3. The molecule has 0 bridgehead atoms. The number of aromatic nitrogens is 2. The number of aryl methyl sites for hydroxylation is 2. The van der Waals surface area contributed by atoms with E-state index in [1.807, 2.05) is 76.0 Å². The number of carbonyl (C=O) groups is 2. The summed E-state index contributed by atoms with van der Waals surface area (Å²) in [6.45, 7) is 11.6. The molecular weight excluding hydrogens is 428 g/mol. The summed E-state index contributed by atoms with van der Waals surface area (Å²) in [7, 11) is 2.01. The summed E-state index contributed by atoms with van der Waals surface area (Å²) < 4.78 is 2.08. The van der Waals surface area contributed by atoms with Gasteiger partial charge in [0.05, 0.1) is 17.6 Å². The highest BCUT2D eigenvalue weighted by Gasteiger charge is 2.23. The number of carbonyl (C=O) groups excluding carboxylic acids is 2. The van der Waals surface area contributed by atoms with Crippen LogP contribution >= 0.6 is 0 Å². The highest BCUT2D eigenvalue weighted by atomic mass is 16.2. The van der Waals surface area contributed by atoms with Gasteiger partial charge in [0, 0.05) is 50.5 Å². The van der Waals surface area contributed by atoms with Gasteiger partial charge in [-0.2, -0.15) is 0 Å². The third-order valence-corrected chi connectivity index (χ3v) is 6.53. The maximum atomic E-state index is 12.8. The van der Waals surface area contributed by atoms with Crippen LogP contribution in [-0.2, 0) is 13.6 Å². The molecule has 1 aliphatic rings. The maximum absolute atomic E-state index is 12.8. The smallest absolute Gasteiger partial charge is 0.321 e. The summed E-state index contributed by atoms with van der Waals surface area (Å²) in [5.41, 5.74) is 5.57. The third-order valence-electron chi connectivity index (χ3n) is 6.53. The Hall–Kier alpha value is -3.39. The predicted octanol–water partition coefficient (Wildman–Crippen LogP) is 3.68. The van der Waals surface area contributed by atoms with Crippen molar-refractivity contribution in [3.8, 4) is 0 Å². The highest BCUT2D eigenvalue weighted by molar-refractivity contribution is 5.97. The summed E-state index contributed by atoms with van der Waals surface area (Å²) in [4.78, 5) is 34.1. The number of imidazole rings is 1. The molecule has 0 aliphatic carbocycles. The van der Waals surface area contributed by atoms with Crippen LogP contribution in [0.2, 0.25) is 0 Å². The molecule has 0 saturated carbocycles. The first-order valence-corrected chi connectivity index (χ1v) is 11.8. The molecule has 0 radical (unpaired) electrons. The lowest BCUT2D eigenvalue weighted by atomic mass is 10.1. The molecule has 3 amide bonds. The molecule has 0 spiro atoms. The molecule has 0 atom stereocenters. The number of fused-ring (bicyclic) bond motifs is 1. The van der Waals surface area contributed by atoms with Crippen LogP contribution in [0.3, 0.4) is 0 Å². The third kappa shape index (κ3) is 5.07. The SMILES string of the molecule is Cc1cccc(NC(=O)N2CCN(Cc3nc4cc(C(=O)NC(C)C)ccc4n3C)CC2)c1C. The number of nitrogens with one attached hydrogen (secondary N) is 2. The van der Waals surface area contributed by atoms with Crippen molar-refractivity contribution < 1.29 is 9.59 Å². The lowest BCUT2D eigenvalue weighted by molar-refractivity contribution is 0.0943. The van der Waals surface area contributed by atoms with Crippen molar-refractivity contribution in [2.75, 3.05) is 31.5 Å². The predicted molar refractivity (Wildman–Crippen MR) is 135 cm³/mol. The van der Waals surface area contributed by atoms with Crippen LogP contribution in [0.4, 0.5) is 10.5 Å². The molecule has 180 valence electrons. The maximum Gasteiger partial charge on any atom is 0.321 e. The minimum absolute atomic E-state index is 0.0525. The van der Waals surface area contributed by atoms with Gasteiger partial charge >= 0.3 is 6.03 Å². The lowest BCUT2D eigenvalue weighted by Gasteiger charge is -2.34. The van der Waals surface area contributed by atoms with Crippen LogP contribution < -0.4 is 10.6 Å². The van der Waals surface area contributed by atoms with E-state index in [1.165, 1.54) is 0 Å². The van der Waals surface area contributed by atoms with E-state index in [0.29, 0.717) is 25.2 Å². The van der Waals surface area contributed by atoms with Gasteiger partial charge in [0.2, 0.25) is 0 Å². The van der Waals surface area contributed by atoms with E-state index in [4.69, 9.17) is 4.98 Å². The molecule has 2 N–H and O–H groups in total. The summed E-state index contributed by atoms with van der Waals surface area (Å²) in [5.74, 6) is 0.865. The van der Waals surface area contributed by atoms with E-state index >= 15 is 0 Å². The van der Waals surface area contributed by atoms with E-state index in [1.54, 1.807) is 0 Å². The van der Waals surface area contributed by atoms with E-state index in [0.717, 1.165) is 46.8 Å². The zero-order valence-electron chi connectivity index (χ0n) is 20.7. The normalized spacial score (nSPS) is 14.6. The highest BCUT2D eigenvalue weighted by Crippen LogP contribution is 2.20. The molecule has 2 heterocycles. The van der Waals surface area contributed by atoms with Gasteiger partial charge in [-0.15, -0.1) is 0 Å². The first-order valence-electron chi connectivity index (χ1n) is 11.8. The molecule has 3 aromatic rings. The standard InChI is InChI=1S/C26H34N6O2/c1-17(2)27-25(33)20-9-10-23-22(15-20)28-24(30(23)5)16-31-11-13-32(14-12-31)26(34)29-21-8-6-7-18(3)19(21)4/h6-10,15,17H,11-14,16H2,1-5H3,(H,27,33)(H,29,34).